The molecular weight excluding hydrogens is 220 g/mol. The van der Waals surface area contributed by atoms with Crippen LogP contribution in [0.4, 0.5) is 0 Å². The third kappa shape index (κ3) is 7.13. The van der Waals surface area contributed by atoms with Crippen LogP contribution in [0.2, 0.25) is 0 Å². The molecule has 0 aromatic rings. The average molecular weight is 242 g/mol. The number of rotatable bonds is 7. The summed E-state index contributed by atoms with van der Waals surface area (Å²) in [6, 6.07) is 0. The highest BCUT2D eigenvalue weighted by atomic mass is 16.7. The van der Waals surface area contributed by atoms with Crippen LogP contribution in [0.3, 0.4) is 0 Å². The Morgan fingerprint density at radius 3 is 3.00 bits per heavy atom. The first-order chi connectivity index (χ1) is 8.33. The summed E-state index contributed by atoms with van der Waals surface area (Å²) in [5, 5.41) is 0. The summed E-state index contributed by atoms with van der Waals surface area (Å²) in [5.74, 6) is -0.295. The van der Waals surface area contributed by atoms with Crippen LogP contribution in [-0.4, -0.2) is 32.6 Å². The second-order valence-electron chi connectivity index (χ2n) is 4.09. The highest BCUT2D eigenvalue weighted by Crippen LogP contribution is 2.14. The largest absolute Gasteiger partial charge is 0.466 e. The van der Waals surface area contributed by atoms with Gasteiger partial charge in [0.25, 0.3) is 0 Å². The molecule has 1 aliphatic rings. The number of unbranched alkanes of at least 4 members (excludes halogenated alkanes) is 2. The summed E-state index contributed by atoms with van der Waals surface area (Å²) in [5.41, 5.74) is 0. The van der Waals surface area contributed by atoms with Crippen LogP contribution < -0.4 is 0 Å². The van der Waals surface area contributed by atoms with Gasteiger partial charge in [0.15, 0.2) is 6.29 Å². The van der Waals surface area contributed by atoms with Crippen molar-refractivity contribution in [3.05, 3.63) is 12.2 Å². The summed E-state index contributed by atoms with van der Waals surface area (Å²) < 4.78 is 15.5. The lowest BCUT2D eigenvalue weighted by molar-refractivity contribution is -0.162. The molecule has 1 aliphatic heterocycles. The lowest BCUT2D eigenvalue weighted by Gasteiger charge is -2.22. The lowest BCUT2D eigenvalue weighted by atomic mass is 10.2. The van der Waals surface area contributed by atoms with Crippen molar-refractivity contribution in [2.24, 2.45) is 0 Å². The Morgan fingerprint density at radius 2 is 2.29 bits per heavy atom. The van der Waals surface area contributed by atoms with Gasteiger partial charge in [-0.2, -0.15) is 0 Å². The molecule has 1 heterocycles. The number of hydrogen-bond donors (Lipinski definition) is 0. The van der Waals surface area contributed by atoms with Gasteiger partial charge in [-0.1, -0.05) is 6.08 Å². The third-order valence-corrected chi connectivity index (χ3v) is 2.66. The van der Waals surface area contributed by atoms with E-state index >= 15 is 0 Å². The minimum Gasteiger partial charge on any atom is -0.466 e. The number of allylic oxidation sites excluding steroid dienone is 1. The molecule has 1 atom stereocenters. The number of esters is 1. The first-order valence-corrected chi connectivity index (χ1v) is 6.30. The van der Waals surface area contributed by atoms with Gasteiger partial charge in [-0.25, -0.2) is 4.79 Å². The molecule has 98 valence electrons. The second kappa shape index (κ2) is 9.19. The minimum absolute atomic E-state index is 0.00867. The minimum atomic E-state index is -0.295. The van der Waals surface area contributed by atoms with Gasteiger partial charge in [-0.15, -0.1) is 0 Å². The van der Waals surface area contributed by atoms with Gasteiger partial charge >= 0.3 is 5.97 Å². The van der Waals surface area contributed by atoms with Gasteiger partial charge < -0.3 is 14.2 Å². The van der Waals surface area contributed by atoms with E-state index in [-0.39, 0.29) is 12.3 Å². The van der Waals surface area contributed by atoms with Crippen molar-refractivity contribution in [3.63, 3.8) is 0 Å². The maximum Gasteiger partial charge on any atom is 0.330 e. The van der Waals surface area contributed by atoms with E-state index in [0.717, 1.165) is 45.3 Å². The van der Waals surface area contributed by atoms with Gasteiger partial charge in [0, 0.05) is 19.3 Å². The Morgan fingerprint density at radius 1 is 1.41 bits per heavy atom. The van der Waals surface area contributed by atoms with Crippen molar-refractivity contribution >= 4 is 5.97 Å². The van der Waals surface area contributed by atoms with Crippen molar-refractivity contribution in [2.45, 2.75) is 44.8 Å². The maximum atomic E-state index is 10.8. The monoisotopic (exact) mass is 242 g/mol. The van der Waals surface area contributed by atoms with Crippen LogP contribution in [0.25, 0.3) is 0 Å². The molecule has 0 bridgehead atoms. The Labute approximate surface area is 103 Å². The number of hydrogen-bond acceptors (Lipinski definition) is 4. The standard InChI is InChI=1S/C13H22O4/c1-15-12(14)8-4-2-3-6-10-16-13-9-5-7-11-17-13/h4,8,13H,2-3,5-7,9-11H2,1H3/b8-4+. The quantitative estimate of drug-likeness (QED) is 0.391. The van der Waals surface area contributed by atoms with Crippen molar-refractivity contribution in [1.82, 2.24) is 0 Å². The molecule has 0 saturated carbocycles. The van der Waals surface area contributed by atoms with E-state index in [2.05, 4.69) is 4.74 Å². The summed E-state index contributed by atoms with van der Waals surface area (Å²) >= 11 is 0. The molecule has 0 aliphatic carbocycles. The van der Waals surface area contributed by atoms with E-state index < -0.39 is 0 Å². The molecule has 0 N–H and O–H groups in total. The van der Waals surface area contributed by atoms with Gasteiger partial charge in [0.05, 0.1) is 7.11 Å². The van der Waals surface area contributed by atoms with E-state index in [1.165, 1.54) is 19.6 Å². The third-order valence-electron chi connectivity index (χ3n) is 2.66. The normalized spacial score (nSPS) is 20.6. The molecule has 1 rings (SSSR count). The second-order valence-corrected chi connectivity index (χ2v) is 4.09. The number of ether oxygens (including phenoxy) is 3. The molecule has 17 heavy (non-hydrogen) atoms. The molecule has 0 spiro atoms. The van der Waals surface area contributed by atoms with Gasteiger partial charge in [-0.3, -0.25) is 0 Å². The topological polar surface area (TPSA) is 44.8 Å². The maximum absolute atomic E-state index is 10.8. The summed E-state index contributed by atoms with van der Waals surface area (Å²) in [4.78, 5) is 10.8. The van der Waals surface area contributed by atoms with Crippen LogP contribution >= 0.6 is 0 Å². The average Bonchev–Trinajstić information content (AvgIpc) is 2.38. The Kier molecular flexibility index (Phi) is 7.67. The van der Waals surface area contributed by atoms with Crippen LogP contribution in [0.5, 0.6) is 0 Å². The highest BCUT2D eigenvalue weighted by Gasteiger charge is 2.12. The van der Waals surface area contributed by atoms with Crippen molar-refractivity contribution in [1.29, 1.82) is 0 Å². The van der Waals surface area contributed by atoms with Crippen LogP contribution in [0.1, 0.15) is 38.5 Å². The number of carbonyl (C=O) groups excluding carboxylic acids is 1. The van der Waals surface area contributed by atoms with Crippen molar-refractivity contribution < 1.29 is 19.0 Å². The van der Waals surface area contributed by atoms with Crippen LogP contribution in [-0.2, 0) is 19.0 Å². The molecule has 0 aromatic carbocycles. The number of methoxy groups -OCH3 is 1. The first-order valence-electron chi connectivity index (χ1n) is 6.30. The molecule has 1 fully saturated rings. The van der Waals surface area contributed by atoms with E-state index in [9.17, 15) is 4.79 Å². The van der Waals surface area contributed by atoms with E-state index in [1.54, 1.807) is 0 Å². The Bertz CT molecular complexity index is 232. The van der Waals surface area contributed by atoms with E-state index in [0.29, 0.717) is 0 Å². The van der Waals surface area contributed by atoms with Gasteiger partial charge in [0.1, 0.15) is 0 Å². The van der Waals surface area contributed by atoms with E-state index in [1.807, 2.05) is 6.08 Å². The summed E-state index contributed by atoms with van der Waals surface area (Å²) in [6.07, 6.45) is 9.56. The predicted molar refractivity (Wildman–Crippen MR) is 64.6 cm³/mol. The fourth-order valence-corrected chi connectivity index (χ4v) is 1.67. The highest BCUT2D eigenvalue weighted by molar-refractivity contribution is 5.81. The zero-order valence-corrected chi connectivity index (χ0v) is 10.5. The smallest absolute Gasteiger partial charge is 0.330 e. The molecule has 4 nitrogen and oxygen atoms in total. The number of carbonyl (C=O) groups is 1. The predicted octanol–water partition coefficient (Wildman–Crippen LogP) is 2.43. The molecule has 4 heteroatoms. The van der Waals surface area contributed by atoms with Crippen LogP contribution in [0, 0.1) is 0 Å². The van der Waals surface area contributed by atoms with E-state index in [4.69, 9.17) is 9.47 Å². The zero-order valence-electron chi connectivity index (χ0n) is 10.5. The fraction of sp³-hybridized carbons (Fsp3) is 0.769. The molecule has 1 unspecified atom stereocenters. The van der Waals surface area contributed by atoms with Gasteiger partial charge in [-0.05, 0) is 38.5 Å². The molecule has 1 saturated heterocycles. The summed E-state index contributed by atoms with van der Waals surface area (Å²) in [7, 11) is 1.38. The Hall–Kier alpha value is -0.870. The lowest BCUT2D eigenvalue weighted by Crippen LogP contribution is -2.22. The molecule has 0 radical (unpaired) electrons. The molecule has 0 aromatic heterocycles. The van der Waals surface area contributed by atoms with Crippen molar-refractivity contribution in [3.8, 4) is 0 Å². The van der Waals surface area contributed by atoms with Crippen molar-refractivity contribution in [2.75, 3.05) is 20.3 Å². The molecular formula is C13H22O4. The van der Waals surface area contributed by atoms with Crippen LogP contribution in [0.15, 0.2) is 12.2 Å². The first kappa shape index (κ1) is 14.2. The Balaban J connectivity index is 1.90. The SMILES string of the molecule is COC(=O)/C=C/CCCCOC1CCCCO1. The molecule has 0 amide bonds. The summed E-state index contributed by atoms with van der Waals surface area (Å²) in [6.45, 7) is 1.56. The zero-order chi connectivity index (χ0) is 12.3. The fourth-order valence-electron chi connectivity index (χ4n) is 1.67. The van der Waals surface area contributed by atoms with Gasteiger partial charge in [0.2, 0.25) is 0 Å².